The van der Waals surface area contributed by atoms with Gasteiger partial charge in [0.05, 0.1) is 6.61 Å². The number of benzene rings is 1. The number of hydrogen-bond donors (Lipinski definition) is 2. The van der Waals surface area contributed by atoms with E-state index in [1.54, 1.807) is 0 Å². The van der Waals surface area contributed by atoms with Gasteiger partial charge in [-0.25, -0.2) is 0 Å². The van der Waals surface area contributed by atoms with Crippen molar-refractivity contribution in [1.29, 1.82) is 0 Å². The minimum absolute atomic E-state index is 0.131. The Labute approximate surface area is 98.7 Å². The number of aliphatic hydroxyl groups excluding tert-OH is 1. The van der Waals surface area contributed by atoms with Crippen LogP contribution in [0.3, 0.4) is 0 Å². The van der Waals surface area contributed by atoms with Crippen LogP contribution in [0.4, 0.5) is 0 Å². The largest absolute Gasteiger partial charge is 0.395 e. The Balaban J connectivity index is 2.90. The van der Waals surface area contributed by atoms with Crippen LogP contribution in [0.1, 0.15) is 37.9 Å². The van der Waals surface area contributed by atoms with Gasteiger partial charge >= 0.3 is 0 Å². The lowest BCUT2D eigenvalue weighted by atomic mass is 9.92. The van der Waals surface area contributed by atoms with Crippen molar-refractivity contribution in [3.05, 3.63) is 35.4 Å². The van der Waals surface area contributed by atoms with Gasteiger partial charge in [-0.05, 0) is 30.9 Å². The summed E-state index contributed by atoms with van der Waals surface area (Å²) in [6, 6.07) is 8.87. The molecule has 2 N–H and O–H groups in total. The highest BCUT2D eigenvalue weighted by Crippen LogP contribution is 2.24. The van der Waals surface area contributed by atoms with Crippen molar-refractivity contribution in [2.75, 3.05) is 6.61 Å². The lowest BCUT2D eigenvalue weighted by Crippen LogP contribution is -2.36. The molecule has 0 aromatic heterocycles. The molecule has 1 aromatic rings. The van der Waals surface area contributed by atoms with Gasteiger partial charge in [0.2, 0.25) is 0 Å². The molecule has 0 bridgehead atoms. The summed E-state index contributed by atoms with van der Waals surface area (Å²) in [5.41, 5.74) is 2.64. The minimum Gasteiger partial charge on any atom is -0.395 e. The molecular formula is C14H23NO. The molecule has 0 heterocycles. The summed E-state index contributed by atoms with van der Waals surface area (Å²) in [7, 11) is 0. The van der Waals surface area contributed by atoms with Crippen molar-refractivity contribution in [1.82, 2.24) is 5.32 Å². The Morgan fingerprint density at radius 1 is 1.19 bits per heavy atom. The van der Waals surface area contributed by atoms with E-state index in [0.717, 1.165) is 0 Å². The highest BCUT2D eigenvalue weighted by molar-refractivity contribution is 5.29. The van der Waals surface area contributed by atoms with Gasteiger partial charge in [-0.3, -0.25) is 0 Å². The second-order valence-electron chi connectivity index (χ2n) is 4.83. The lowest BCUT2D eigenvalue weighted by Gasteiger charge is -2.27. The molecular weight excluding hydrogens is 198 g/mol. The van der Waals surface area contributed by atoms with Crippen molar-refractivity contribution in [2.45, 2.75) is 39.8 Å². The van der Waals surface area contributed by atoms with Gasteiger partial charge in [0.25, 0.3) is 0 Å². The van der Waals surface area contributed by atoms with Crippen molar-refractivity contribution in [2.24, 2.45) is 5.92 Å². The van der Waals surface area contributed by atoms with Gasteiger partial charge < -0.3 is 10.4 Å². The second kappa shape index (κ2) is 6.02. The minimum atomic E-state index is 0.131. The van der Waals surface area contributed by atoms with E-state index in [2.05, 4.69) is 50.4 Å². The SMILES string of the molecule is Cc1ccccc1C(N[C@@H](C)CO)C(C)C. The first kappa shape index (κ1) is 13.2. The van der Waals surface area contributed by atoms with E-state index in [-0.39, 0.29) is 12.6 Å². The Hall–Kier alpha value is -0.860. The Kier molecular flexibility index (Phi) is 4.97. The van der Waals surface area contributed by atoms with Crippen LogP contribution in [-0.4, -0.2) is 17.8 Å². The van der Waals surface area contributed by atoms with E-state index in [0.29, 0.717) is 12.0 Å². The van der Waals surface area contributed by atoms with Crippen LogP contribution in [-0.2, 0) is 0 Å². The van der Waals surface area contributed by atoms with Crippen LogP contribution >= 0.6 is 0 Å². The number of aryl methyl sites for hydroxylation is 1. The number of aliphatic hydroxyl groups is 1. The topological polar surface area (TPSA) is 32.3 Å². The smallest absolute Gasteiger partial charge is 0.0582 e. The van der Waals surface area contributed by atoms with E-state index in [4.69, 9.17) is 5.11 Å². The standard InChI is InChI=1S/C14H23NO/c1-10(2)14(15-12(4)9-16)13-8-6-5-7-11(13)3/h5-8,10,12,14-16H,9H2,1-4H3/t12-,14?/m0/s1. The molecule has 0 saturated carbocycles. The highest BCUT2D eigenvalue weighted by Gasteiger charge is 2.18. The van der Waals surface area contributed by atoms with Crippen LogP contribution < -0.4 is 5.32 Å². The molecule has 2 heteroatoms. The molecule has 1 unspecified atom stereocenters. The first-order valence-corrected chi connectivity index (χ1v) is 5.98. The van der Waals surface area contributed by atoms with Crippen LogP contribution in [0.15, 0.2) is 24.3 Å². The maximum atomic E-state index is 9.12. The third-order valence-electron chi connectivity index (χ3n) is 2.93. The monoisotopic (exact) mass is 221 g/mol. The van der Waals surface area contributed by atoms with Gasteiger partial charge in [0, 0.05) is 12.1 Å². The predicted octanol–water partition coefficient (Wildman–Crippen LogP) is 2.66. The van der Waals surface area contributed by atoms with E-state index >= 15 is 0 Å². The van der Waals surface area contributed by atoms with Crippen molar-refractivity contribution in [3.63, 3.8) is 0 Å². The average Bonchev–Trinajstić information content (AvgIpc) is 2.26. The third kappa shape index (κ3) is 3.32. The summed E-state index contributed by atoms with van der Waals surface area (Å²) in [5.74, 6) is 0.509. The summed E-state index contributed by atoms with van der Waals surface area (Å²) in [6.45, 7) is 8.72. The molecule has 1 aromatic carbocycles. The van der Waals surface area contributed by atoms with Gasteiger partial charge in [0.1, 0.15) is 0 Å². The van der Waals surface area contributed by atoms with Gasteiger partial charge in [-0.2, -0.15) is 0 Å². The molecule has 16 heavy (non-hydrogen) atoms. The van der Waals surface area contributed by atoms with E-state index in [1.807, 2.05) is 6.92 Å². The molecule has 2 nitrogen and oxygen atoms in total. The fourth-order valence-electron chi connectivity index (χ4n) is 1.94. The van der Waals surface area contributed by atoms with E-state index in [9.17, 15) is 0 Å². The molecule has 1 rings (SSSR count). The highest BCUT2D eigenvalue weighted by atomic mass is 16.3. The van der Waals surface area contributed by atoms with Crippen molar-refractivity contribution in [3.8, 4) is 0 Å². The van der Waals surface area contributed by atoms with Crippen LogP contribution in [0, 0.1) is 12.8 Å². The average molecular weight is 221 g/mol. The number of rotatable bonds is 5. The first-order chi connectivity index (χ1) is 7.56. The maximum Gasteiger partial charge on any atom is 0.0582 e. The Morgan fingerprint density at radius 2 is 1.81 bits per heavy atom. The van der Waals surface area contributed by atoms with E-state index in [1.165, 1.54) is 11.1 Å². The molecule has 90 valence electrons. The Morgan fingerprint density at radius 3 is 2.31 bits per heavy atom. The third-order valence-corrected chi connectivity index (χ3v) is 2.93. The molecule has 0 amide bonds. The zero-order valence-corrected chi connectivity index (χ0v) is 10.7. The summed E-state index contributed by atoms with van der Waals surface area (Å²) in [5, 5.41) is 12.6. The van der Waals surface area contributed by atoms with Crippen LogP contribution in [0.2, 0.25) is 0 Å². The lowest BCUT2D eigenvalue weighted by molar-refractivity contribution is 0.229. The number of hydrogen-bond acceptors (Lipinski definition) is 2. The summed E-state index contributed by atoms with van der Waals surface area (Å²) < 4.78 is 0. The summed E-state index contributed by atoms with van der Waals surface area (Å²) in [4.78, 5) is 0. The van der Waals surface area contributed by atoms with Crippen LogP contribution in [0.25, 0.3) is 0 Å². The second-order valence-corrected chi connectivity index (χ2v) is 4.83. The first-order valence-electron chi connectivity index (χ1n) is 5.98. The molecule has 0 spiro atoms. The van der Waals surface area contributed by atoms with Crippen molar-refractivity contribution >= 4 is 0 Å². The van der Waals surface area contributed by atoms with E-state index < -0.39 is 0 Å². The number of nitrogens with one attached hydrogen (secondary N) is 1. The van der Waals surface area contributed by atoms with Crippen molar-refractivity contribution < 1.29 is 5.11 Å². The van der Waals surface area contributed by atoms with Gasteiger partial charge in [-0.1, -0.05) is 38.1 Å². The molecule has 0 aliphatic heterocycles. The molecule has 0 radical (unpaired) electrons. The van der Waals surface area contributed by atoms with Gasteiger partial charge in [0.15, 0.2) is 0 Å². The fourth-order valence-corrected chi connectivity index (χ4v) is 1.94. The fraction of sp³-hybridized carbons (Fsp3) is 0.571. The summed E-state index contributed by atoms with van der Waals surface area (Å²) in [6.07, 6.45) is 0. The zero-order chi connectivity index (χ0) is 12.1. The zero-order valence-electron chi connectivity index (χ0n) is 10.7. The summed E-state index contributed by atoms with van der Waals surface area (Å²) >= 11 is 0. The quantitative estimate of drug-likeness (QED) is 0.801. The Bertz CT molecular complexity index is 322. The molecule has 2 atom stereocenters. The molecule has 0 aliphatic carbocycles. The molecule has 0 aliphatic rings. The predicted molar refractivity (Wildman–Crippen MR) is 68.4 cm³/mol. The molecule has 0 fully saturated rings. The van der Waals surface area contributed by atoms with Gasteiger partial charge in [-0.15, -0.1) is 0 Å². The normalized spacial score (nSPS) is 15.1. The maximum absolute atomic E-state index is 9.12. The van der Waals surface area contributed by atoms with Crippen LogP contribution in [0.5, 0.6) is 0 Å². The molecule has 0 saturated heterocycles.